The van der Waals surface area contributed by atoms with Gasteiger partial charge in [-0.05, 0) is 0 Å². The molecule has 0 spiro atoms. The predicted octanol–water partition coefficient (Wildman–Crippen LogP) is 0.779. The molecule has 1 aliphatic carbocycles. The first-order valence-corrected chi connectivity index (χ1v) is 6.86. The van der Waals surface area contributed by atoms with Crippen molar-refractivity contribution in [2.75, 3.05) is 0 Å². The van der Waals surface area contributed by atoms with Crippen LogP contribution in [0.3, 0.4) is 0 Å². The fraction of sp³-hybridized carbons (Fsp3) is 1.00. The zero-order chi connectivity index (χ0) is 7.28. The molecule has 2 N–H and O–H groups in total. The largest absolute Gasteiger partial charge is 0.366 e. The summed E-state index contributed by atoms with van der Waals surface area (Å²) >= 11 is 0. The van der Waals surface area contributed by atoms with Gasteiger partial charge in [-0.2, -0.15) is 0 Å². The Bertz CT molecular complexity index is 126. The fourth-order valence-electron chi connectivity index (χ4n) is 1.24. The highest BCUT2D eigenvalue weighted by Crippen LogP contribution is 2.53. The van der Waals surface area contributed by atoms with Crippen molar-refractivity contribution in [2.24, 2.45) is 0 Å². The van der Waals surface area contributed by atoms with Crippen LogP contribution in [0.4, 0.5) is 0 Å². The molecule has 1 rings (SSSR count). The van der Waals surface area contributed by atoms with Crippen molar-refractivity contribution in [1.82, 2.24) is 0 Å². The molecule has 0 radical (unpaired) electrons. The van der Waals surface area contributed by atoms with E-state index in [1.165, 1.54) is 0 Å². The topological polar surface area (TPSA) is 40.5 Å². The summed E-state index contributed by atoms with van der Waals surface area (Å²) in [6.07, 6.45) is 0.600. The van der Waals surface area contributed by atoms with Crippen LogP contribution in [0.1, 0.15) is 6.42 Å². The number of rotatable bonds is 1. The van der Waals surface area contributed by atoms with Crippen molar-refractivity contribution >= 4 is 8.07 Å². The molecule has 2 nitrogen and oxygen atoms in total. The maximum Gasteiger partial charge on any atom is 0.163 e. The third kappa shape index (κ3) is 1.34. The van der Waals surface area contributed by atoms with E-state index in [0.717, 1.165) is 0 Å². The summed E-state index contributed by atoms with van der Waals surface area (Å²) in [6, 6.07) is 0. The van der Waals surface area contributed by atoms with Gasteiger partial charge in [-0.3, -0.25) is 0 Å². The molecular weight excluding hydrogens is 132 g/mol. The molecule has 1 unspecified atom stereocenters. The normalized spacial score (nSPS) is 32.3. The average Bonchev–Trinajstić information content (AvgIpc) is 2.10. The van der Waals surface area contributed by atoms with Crippen LogP contribution in [-0.2, 0) is 0 Å². The second-order valence-corrected chi connectivity index (χ2v) is 9.43. The van der Waals surface area contributed by atoms with E-state index < -0.39 is 13.9 Å². The molecule has 0 aromatic carbocycles. The highest BCUT2D eigenvalue weighted by atomic mass is 28.3. The minimum atomic E-state index is -1.29. The van der Waals surface area contributed by atoms with Crippen LogP contribution in [0.15, 0.2) is 0 Å². The van der Waals surface area contributed by atoms with E-state index in [0.29, 0.717) is 6.42 Å². The predicted molar refractivity (Wildman–Crippen MR) is 38.9 cm³/mol. The van der Waals surface area contributed by atoms with Gasteiger partial charge in [-0.15, -0.1) is 0 Å². The van der Waals surface area contributed by atoms with Gasteiger partial charge in [0.05, 0.1) is 8.07 Å². The number of hydrogen-bond acceptors (Lipinski definition) is 2. The molecule has 3 heteroatoms. The standard InChI is InChI=1S/C6H14O2Si/c1-9(2,3)5-4-6(5,7)8/h5,7-8H,4H2,1-3H3. The molecule has 1 atom stereocenters. The van der Waals surface area contributed by atoms with Crippen LogP contribution in [0.25, 0.3) is 0 Å². The molecule has 1 fully saturated rings. The summed E-state index contributed by atoms with van der Waals surface area (Å²) in [4.78, 5) is 0. The van der Waals surface area contributed by atoms with Gasteiger partial charge < -0.3 is 10.2 Å². The summed E-state index contributed by atoms with van der Waals surface area (Å²) in [7, 11) is -1.26. The second kappa shape index (κ2) is 1.59. The Morgan fingerprint density at radius 3 is 1.67 bits per heavy atom. The maximum atomic E-state index is 9.02. The van der Waals surface area contributed by atoms with Crippen molar-refractivity contribution in [1.29, 1.82) is 0 Å². The molecule has 0 aromatic heterocycles. The zero-order valence-electron chi connectivity index (χ0n) is 6.18. The number of hydrogen-bond donors (Lipinski definition) is 2. The first-order valence-electron chi connectivity index (χ1n) is 3.29. The molecule has 0 aromatic rings. The Balaban J connectivity index is 2.52. The average molecular weight is 146 g/mol. The lowest BCUT2D eigenvalue weighted by molar-refractivity contribution is -0.0681. The minimum absolute atomic E-state index is 0.213. The van der Waals surface area contributed by atoms with Crippen LogP contribution < -0.4 is 0 Å². The van der Waals surface area contributed by atoms with Gasteiger partial charge in [0.15, 0.2) is 5.79 Å². The monoisotopic (exact) mass is 146 g/mol. The van der Waals surface area contributed by atoms with E-state index in [-0.39, 0.29) is 5.54 Å². The van der Waals surface area contributed by atoms with Gasteiger partial charge in [0.2, 0.25) is 0 Å². The van der Waals surface area contributed by atoms with Crippen LogP contribution in [0, 0.1) is 0 Å². The molecule has 9 heavy (non-hydrogen) atoms. The van der Waals surface area contributed by atoms with E-state index in [1.807, 2.05) is 0 Å². The Morgan fingerprint density at radius 1 is 1.33 bits per heavy atom. The smallest absolute Gasteiger partial charge is 0.163 e. The highest BCUT2D eigenvalue weighted by molar-refractivity contribution is 6.78. The van der Waals surface area contributed by atoms with Crippen LogP contribution in [-0.4, -0.2) is 24.1 Å². The van der Waals surface area contributed by atoms with E-state index in [2.05, 4.69) is 19.6 Å². The fourth-order valence-corrected chi connectivity index (χ4v) is 3.54. The number of aliphatic hydroxyl groups is 2. The Kier molecular flexibility index (Phi) is 1.28. The third-order valence-corrected chi connectivity index (χ3v) is 4.71. The third-order valence-electron chi connectivity index (χ3n) is 1.95. The molecular formula is C6H14O2Si. The first kappa shape index (κ1) is 7.25. The molecule has 1 saturated carbocycles. The zero-order valence-corrected chi connectivity index (χ0v) is 7.18. The summed E-state index contributed by atoms with van der Waals surface area (Å²) in [5, 5.41) is 18.0. The van der Waals surface area contributed by atoms with Gasteiger partial charge in [0, 0.05) is 12.0 Å². The van der Waals surface area contributed by atoms with E-state index in [1.54, 1.807) is 0 Å². The molecule has 0 amide bonds. The molecule has 1 aliphatic rings. The van der Waals surface area contributed by atoms with Crippen molar-refractivity contribution in [2.45, 2.75) is 37.4 Å². The summed E-state index contributed by atoms with van der Waals surface area (Å²) < 4.78 is 0. The second-order valence-electron chi connectivity index (χ2n) is 4.00. The van der Waals surface area contributed by atoms with Crippen molar-refractivity contribution in [3.8, 4) is 0 Å². The van der Waals surface area contributed by atoms with Gasteiger partial charge in [-0.1, -0.05) is 19.6 Å². The van der Waals surface area contributed by atoms with Crippen molar-refractivity contribution < 1.29 is 10.2 Å². The van der Waals surface area contributed by atoms with E-state index in [4.69, 9.17) is 10.2 Å². The molecule has 0 bridgehead atoms. The summed E-state index contributed by atoms with van der Waals surface area (Å²) in [6.45, 7) is 6.48. The maximum absolute atomic E-state index is 9.02. The van der Waals surface area contributed by atoms with Gasteiger partial charge in [0.1, 0.15) is 0 Å². The van der Waals surface area contributed by atoms with E-state index >= 15 is 0 Å². The van der Waals surface area contributed by atoms with Gasteiger partial charge >= 0.3 is 0 Å². The SMILES string of the molecule is C[Si](C)(C)C1CC1(O)O. The lowest BCUT2D eigenvalue weighted by Gasteiger charge is -2.15. The Hall–Kier alpha value is 0.137. The van der Waals surface area contributed by atoms with Crippen LogP contribution in [0.5, 0.6) is 0 Å². The highest BCUT2D eigenvalue weighted by Gasteiger charge is 2.57. The minimum Gasteiger partial charge on any atom is -0.366 e. The van der Waals surface area contributed by atoms with Gasteiger partial charge in [-0.25, -0.2) is 0 Å². The Labute approximate surface area is 56.5 Å². The Morgan fingerprint density at radius 2 is 1.67 bits per heavy atom. The quantitative estimate of drug-likeness (QED) is 0.424. The van der Waals surface area contributed by atoms with Crippen LogP contribution in [0.2, 0.25) is 25.2 Å². The van der Waals surface area contributed by atoms with Crippen LogP contribution >= 0.6 is 0 Å². The van der Waals surface area contributed by atoms with Crippen molar-refractivity contribution in [3.05, 3.63) is 0 Å². The van der Waals surface area contributed by atoms with Crippen molar-refractivity contribution in [3.63, 3.8) is 0 Å². The summed E-state index contributed by atoms with van der Waals surface area (Å²) in [5.41, 5.74) is 0.213. The lowest BCUT2D eigenvalue weighted by atomic mass is 10.7. The van der Waals surface area contributed by atoms with Gasteiger partial charge in [0.25, 0.3) is 0 Å². The molecule has 54 valence electrons. The molecule has 0 saturated heterocycles. The summed E-state index contributed by atoms with van der Waals surface area (Å²) in [5.74, 6) is -1.29. The molecule has 0 aliphatic heterocycles. The lowest BCUT2D eigenvalue weighted by Crippen LogP contribution is -2.26. The first-order chi connectivity index (χ1) is 3.84. The molecule has 0 heterocycles. The van der Waals surface area contributed by atoms with E-state index in [9.17, 15) is 0 Å².